The van der Waals surface area contributed by atoms with Crippen LogP contribution in [-0.4, -0.2) is 60.3 Å². The highest BCUT2D eigenvalue weighted by Crippen LogP contribution is 2.34. The Bertz CT molecular complexity index is 1870. The van der Waals surface area contributed by atoms with Crippen molar-refractivity contribution < 1.29 is 13.2 Å². The van der Waals surface area contributed by atoms with Gasteiger partial charge in [-0.25, -0.2) is 8.42 Å². The molecule has 0 spiro atoms. The molecule has 9 nitrogen and oxygen atoms in total. The van der Waals surface area contributed by atoms with E-state index < -0.39 is 10.0 Å². The lowest BCUT2D eigenvalue weighted by atomic mass is 10.0. The lowest BCUT2D eigenvalue weighted by Crippen LogP contribution is -2.49. The predicted molar refractivity (Wildman–Crippen MR) is 169 cm³/mol. The number of amides is 1. The van der Waals surface area contributed by atoms with Crippen LogP contribution < -0.4 is 10.5 Å². The highest BCUT2D eigenvalue weighted by atomic mass is 32.2. The number of carbonyl (C=O) groups is 1. The van der Waals surface area contributed by atoms with Crippen molar-refractivity contribution in [2.75, 3.05) is 36.6 Å². The summed E-state index contributed by atoms with van der Waals surface area (Å²) in [6.45, 7) is 4.90. The van der Waals surface area contributed by atoms with Gasteiger partial charge in [-0.1, -0.05) is 30.3 Å². The molecule has 1 saturated heterocycles. The average molecular weight is 593 g/mol. The molecule has 1 aliphatic rings. The molecule has 1 fully saturated rings. The summed E-state index contributed by atoms with van der Waals surface area (Å²) in [5.74, 6) is -0.0765. The average Bonchev–Trinajstić information content (AvgIpc) is 3.04. The van der Waals surface area contributed by atoms with Gasteiger partial charge in [0.25, 0.3) is 15.9 Å². The number of nitrogens with one attached hydrogen (secondary N) is 1. The predicted octanol–water partition coefficient (Wildman–Crippen LogP) is 5.20. The zero-order chi connectivity index (χ0) is 30.0. The second kappa shape index (κ2) is 11.8. The number of para-hydroxylation sites is 1. The summed E-state index contributed by atoms with van der Waals surface area (Å²) < 4.78 is 29.9. The molecular formula is C33H32N6O3S. The third-order valence-electron chi connectivity index (χ3n) is 7.92. The van der Waals surface area contributed by atoms with E-state index in [0.717, 1.165) is 24.0 Å². The summed E-state index contributed by atoms with van der Waals surface area (Å²) in [6, 6.07) is 24.9. The van der Waals surface area contributed by atoms with Crippen molar-refractivity contribution in [1.29, 1.82) is 0 Å². The van der Waals surface area contributed by atoms with Gasteiger partial charge >= 0.3 is 0 Å². The molecule has 1 unspecified atom stereocenters. The molecule has 3 N–H and O–H groups in total. The van der Waals surface area contributed by atoms with Crippen molar-refractivity contribution in [3.05, 3.63) is 115 Å². The van der Waals surface area contributed by atoms with E-state index in [1.165, 1.54) is 6.07 Å². The van der Waals surface area contributed by atoms with E-state index in [0.29, 0.717) is 46.7 Å². The van der Waals surface area contributed by atoms with E-state index in [4.69, 9.17) is 5.73 Å². The minimum absolute atomic E-state index is 0.0765. The van der Waals surface area contributed by atoms with E-state index in [1.807, 2.05) is 47.5 Å². The Morgan fingerprint density at radius 2 is 1.63 bits per heavy atom. The van der Waals surface area contributed by atoms with Crippen LogP contribution in [0.3, 0.4) is 0 Å². The summed E-state index contributed by atoms with van der Waals surface area (Å²) in [7, 11) is -4.01. The van der Waals surface area contributed by atoms with Crippen LogP contribution in [0.5, 0.6) is 0 Å². The number of hydrogen-bond acceptors (Lipinski definition) is 7. The standard InChI is InChI=1S/C33H32N6O3S/c1-23(26-7-3-15-35-22-26)38-17-19-39(20-18-38)33(40)25-9-12-28(13-10-25)37-43(41,42)31-14-11-27(34)21-30(31)29-8-2-5-24-6-4-16-36-32(24)29/h2-16,21-23,37H,17-20,34H2,1H3. The minimum atomic E-state index is -4.01. The molecule has 6 rings (SSSR count). The minimum Gasteiger partial charge on any atom is -0.399 e. The van der Waals surface area contributed by atoms with Gasteiger partial charge in [0.15, 0.2) is 0 Å². The molecule has 1 atom stereocenters. The summed E-state index contributed by atoms with van der Waals surface area (Å²) in [5.41, 5.74) is 10.3. The second-order valence-corrected chi connectivity index (χ2v) is 12.3. The SMILES string of the molecule is CC(c1cccnc1)N1CCN(C(=O)c2ccc(NS(=O)(=O)c3ccc(N)cc3-c3cccc4cccnc34)cc2)CC1. The Morgan fingerprint density at radius 3 is 2.37 bits per heavy atom. The number of hydrogen-bond donors (Lipinski definition) is 2. The molecule has 3 aromatic carbocycles. The van der Waals surface area contributed by atoms with Crippen molar-refractivity contribution in [1.82, 2.24) is 19.8 Å². The first-order valence-corrected chi connectivity index (χ1v) is 15.6. The van der Waals surface area contributed by atoms with Crippen LogP contribution in [-0.2, 0) is 10.0 Å². The largest absolute Gasteiger partial charge is 0.399 e. The molecular weight excluding hydrogens is 560 g/mol. The fourth-order valence-electron chi connectivity index (χ4n) is 5.53. The molecule has 3 heterocycles. The Morgan fingerprint density at radius 1 is 0.884 bits per heavy atom. The number of nitrogens with two attached hydrogens (primary N) is 1. The van der Waals surface area contributed by atoms with Gasteiger partial charge in [0.2, 0.25) is 0 Å². The number of piperazine rings is 1. The second-order valence-electron chi connectivity index (χ2n) is 10.6. The summed E-state index contributed by atoms with van der Waals surface area (Å²) >= 11 is 0. The number of pyridine rings is 2. The Hall–Kier alpha value is -4.80. The highest BCUT2D eigenvalue weighted by molar-refractivity contribution is 7.92. The van der Waals surface area contributed by atoms with E-state index in [-0.39, 0.29) is 16.8 Å². The summed E-state index contributed by atoms with van der Waals surface area (Å²) in [4.78, 5) is 26.2. The first kappa shape index (κ1) is 28.3. The van der Waals surface area contributed by atoms with Crippen molar-refractivity contribution in [2.24, 2.45) is 0 Å². The maximum atomic E-state index is 13.6. The number of anilines is 2. The van der Waals surface area contributed by atoms with Crippen LogP contribution in [0.4, 0.5) is 11.4 Å². The number of nitrogens with zero attached hydrogens (tertiary/aromatic N) is 4. The number of nitrogen functional groups attached to an aromatic ring is 1. The summed E-state index contributed by atoms with van der Waals surface area (Å²) in [6.07, 6.45) is 5.32. The van der Waals surface area contributed by atoms with Crippen molar-refractivity contribution in [3.63, 3.8) is 0 Å². The molecule has 43 heavy (non-hydrogen) atoms. The van der Waals surface area contributed by atoms with Gasteiger partial charge < -0.3 is 10.6 Å². The van der Waals surface area contributed by atoms with Gasteiger partial charge in [0, 0.05) is 84.3 Å². The third-order valence-corrected chi connectivity index (χ3v) is 9.36. The molecule has 0 bridgehead atoms. The molecule has 0 radical (unpaired) electrons. The number of sulfonamides is 1. The molecule has 218 valence electrons. The lowest BCUT2D eigenvalue weighted by Gasteiger charge is -2.38. The first-order chi connectivity index (χ1) is 20.8. The van der Waals surface area contributed by atoms with E-state index >= 15 is 0 Å². The molecule has 5 aromatic rings. The lowest BCUT2D eigenvalue weighted by molar-refractivity contribution is 0.0582. The fraction of sp³-hybridized carbons (Fsp3) is 0.182. The van der Waals surface area contributed by atoms with Crippen LogP contribution >= 0.6 is 0 Å². The van der Waals surface area contributed by atoms with E-state index in [2.05, 4.69) is 32.6 Å². The molecule has 1 aliphatic heterocycles. The van der Waals surface area contributed by atoms with E-state index in [9.17, 15) is 13.2 Å². The Kier molecular flexibility index (Phi) is 7.79. The smallest absolute Gasteiger partial charge is 0.262 e. The monoisotopic (exact) mass is 592 g/mol. The fourth-order valence-corrected chi connectivity index (χ4v) is 6.80. The highest BCUT2D eigenvalue weighted by Gasteiger charge is 2.26. The maximum absolute atomic E-state index is 13.6. The zero-order valence-corrected chi connectivity index (χ0v) is 24.5. The number of benzene rings is 3. The number of rotatable bonds is 7. The summed E-state index contributed by atoms with van der Waals surface area (Å²) in [5, 5.41) is 0.892. The Labute approximate surface area is 251 Å². The van der Waals surface area contributed by atoms with Gasteiger partial charge in [-0.05, 0) is 67.1 Å². The molecule has 0 aliphatic carbocycles. The van der Waals surface area contributed by atoms with Crippen molar-refractivity contribution >= 4 is 38.2 Å². The van der Waals surface area contributed by atoms with Crippen molar-refractivity contribution in [3.8, 4) is 11.1 Å². The van der Waals surface area contributed by atoms with Gasteiger partial charge in [0.1, 0.15) is 0 Å². The maximum Gasteiger partial charge on any atom is 0.262 e. The quantitative estimate of drug-likeness (QED) is 0.249. The molecule has 2 aromatic heterocycles. The number of aromatic nitrogens is 2. The number of carbonyl (C=O) groups excluding carboxylic acids is 1. The molecule has 0 saturated carbocycles. The van der Waals surface area contributed by atoms with Crippen LogP contribution in [0.25, 0.3) is 22.0 Å². The van der Waals surface area contributed by atoms with Gasteiger partial charge in [0.05, 0.1) is 10.4 Å². The van der Waals surface area contributed by atoms with Gasteiger partial charge in [-0.15, -0.1) is 0 Å². The van der Waals surface area contributed by atoms with Crippen LogP contribution in [0.15, 0.2) is 108 Å². The van der Waals surface area contributed by atoms with Gasteiger partial charge in [-0.2, -0.15) is 0 Å². The Balaban J connectivity index is 1.17. The van der Waals surface area contributed by atoms with Gasteiger partial charge in [-0.3, -0.25) is 24.4 Å². The third kappa shape index (κ3) is 5.93. The van der Waals surface area contributed by atoms with Crippen LogP contribution in [0, 0.1) is 0 Å². The topological polar surface area (TPSA) is 122 Å². The molecule has 1 amide bonds. The first-order valence-electron chi connectivity index (χ1n) is 14.1. The van der Waals surface area contributed by atoms with Crippen LogP contribution in [0.1, 0.15) is 28.9 Å². The number of fused-ring (bicyclic) bond motifs is 1. The zero-order valence-electron chi connectivity index (χ0n) is 23.7. The normalized spacial score (nSPS) is 14.9. The van der Waals surface area contributed by atoms with Crippen LogP contribution in [0.2, 0.25) is 0 Å². The van der Waals surface area contributed by atoms with E-state index in [1.54, 1.807) is 48.8 Å². The van der Waals surface area contributed by atoms with Crippen molar-refractivity contribution in [2.45, 2.75) is 17.9 Å². The molecule has 10 heteroatoms.